The van der Waals surface area contributed by atoms with Crippen molar-refractivity contribution in [3.05, 3.63) is 112 Å². The number of methoxy groups -OCH3 is 1. The third kappa shape index (κ3) is 7.04. The fourth-order valence-corrected chi connectivity index (χ4v) is 5.63. The van der Waals surface area contributed by atoms with Crippen LogP contribution in [0.4, 0.5) is 4.39 Å². The number of fused-ring (bicyclic) bond motifs is 7. The largest absolute Gasteiger partial charge is 0.504 e. The highest BCUT2D eigenvalue weighted by Gasteiger charge is 2.34. The van der Waals surface area contributed by atoms with Gasteiger partial charge in [0.15, 0.2) is 23.1 Å². The minimum absolute atomic E-state index is 0.0296. The fraction of sp³-hybridized carbons (Fsp3) is 0.229. The second kappa shape index (κ2) is 14.5. The topological polar surface area (TPSA) is 135 Å². The molecular formula is C35H33FN2O8. The van der Waals surface area contributed by atoms with Crippen LogP contribution >= 0.6 is 0 Å². The molecule has 1 atom stereocenters. The van der Waals surface area contributed by atoms with Crippen molar-refractivity contribution >= 4 is 18.3 Å². The number of hydrogen-bond acceptors (Lipinski definition) is 7. The lowest BCUT2D eigenvalue weighted by Crippen LogP contribution is -2.40. The third-order valence-corrected chi connectivity index (χ3v) is 7.73. The van der Waals surface area contributed by atoms with Gasteiger partial charge in [0.05, 0.1) is 31.7 Å². The molecule has 4 aromatic rings. The van der Waals surface area contributed by atoms with E-state index in [2.05, 4.69) is 5.32 Å². The lowest BCUT2D eigenvalue weighted by atomic mass is 9.87. The molecule has 3 heterocycles. The van der Waals surface area contributed by atoms with Crippen LogP contribution in [-0.4, -0.2) is 60.2 Å². The zero-order valence-electron chi connectivity index (χ0n) is 25.1. The molecule has 0 radical (unpaired) electrons. The molecule has 46 heavy (non-hydrogen) atoms. The van der Waals surface area contributed by atoms with Gasteiger partial charge in [-0.2, -0.15) is 0 Å². The fourth-order valence-electron chi connectivity index (χ4n) is 5.63. The van der Waals surface area contributed by atoms with Crippen LogP contribution in [0.25, 0.3) is 0 Å². The van der Waals surface area contributed by atoms with Crippen molar-refractivity contribution in [3.8, 4) is 28.7 Å². The van der Waals surface area contributed by atoms with Crippen molar-refractivity contribution in [1.29, 1.82) is 0 Å². The molecule has 0 aliphatic carbocycles. The SMILES string of the molecule is COc1cccc(C(=O)N2CCc3cc4ccc3C2c2cccc(c2)OCCCNC(=O)Cc2ccc(F)c(c2)O4)c1O.O=CO. The summed E-state index contributed by atoms with van der Waals surface area (Å²) < 4.78 is 32.0. The predicted octanol–water partition coefficient (Wildman–Crippen LogP) is 5.26. The Kier molecular flexibility index (Phi) is 10.0. The zero-order valence-corrected chi connectivity index (χ0v) is 25.1. The van der Waals surface area contributed by atoms with E-state index < -0.39 is 11.9 Å². The van der Waals surface area contributed by atoms with Crippen molar-refractivity contribution in [2.75, 3.05) is 26.8 Å². The van der Waals surface area contributed by atoms with Gasteiger partial charge in [-0.25, -0.2) is 4.39 Å². The summed E-state index contributed by atoms with van der Waals surface area (Å²) >= 11 is 0. The number of amides is 2. The normalized spacial score (nSPS) is 15.7. The number of carboxylic acid groups (broad SMARTS) is 1. The molecule has 3 aliphatic rings. The second-order valence-corrected chi connectivity index (χ2v) is 10.6. The van der Waals surface area contributed by atoms with Gasteiger partial charge in [0, 0.05) is 13.1 Å². The Hall–Kier alpha value is -5.58. The van der Waals surface area contributed by atoms with Crippen LogP contribution in [0.1, 0.15) is 45.1 Å². The van der Waals surface area contributed by atoms with E-state index in [0.29, 0.717) is 49.6 Å². The standard InChI is InChI=1S/C34H31FN2O6.CH2O2/c1-41-29-8-3-7-27(33(29)39)34(40)37-15-13-22-19-25-10-11-26(22)32(37)23-5-2-6-24(20-23)42-16-4-14-36-31(38)18-21-9-12-28(35)30(17-21)43-25;2-1-3/h2-3,5-12,17,19-20,32,39H,4,13-16,18H2,1H3,(H,36,38);1H,(H,2,3). The molecule has 3 aliphatic heterocycles. The maximum atomic E-state index is 14.7. The van der Waals surface area contributed by atoms with E-state index in [1.165, 1.54) is 13.2 Å². The molecule has 1 unspecified atom stereocenters. The third-order valence-electron chi connectivity index (χ3n) is 7.73. The molecule has 238 valence electrons. The molecule has 4 aromatic carbocycles. The van der Waals surface area contributed by atoms with Crippen LogP contribution in [0.15, 0.2) is 78.9 Å². The van der Waals surface area contributed by atoms with Gasteiger partial charge in [-0.15, -0.1) is 0 Å². The Morgan fingerprint density at radius 2 is 1.87 bits per heavy atom. The van der Waals surface area contributed by atoms with Gasteiger partial charge in [-0.05, 0) is 83.6 Å². The summed E-state index contributed by atoms with van der Waals surface area (Å²) in [6.45, 7) is 0.910. The van der Waals surface area contributed by atoms with Crippen molar-refractivity contribution in [3.63, 3.8) is 0 Å². The van der Waals surface area contributed by atoms with Gasteiger partial charge in [-0.1, -0.05) is 30.3 Å². The van der Waals surface area contributed by atoms with Gasteiger partial charge >= 0.3 is 0 Å². The van der Waals surface area contributed by atoms with Gasteiger partial charge in [-0.3, -0.25) is 14.4 Å². The van der Waals surface area contributed by atoms with Crippen molar-refractivity contribution < 1.29 is 43.2 Å². The van der Waals surface area contributed by atoms with Crippen molar-refractivity contribution in [1.82, 2.24) is 10.2 Å². The number of carbonyl (C=O) groups excluding carboxylic acids is 2. The van der Waals surface area contributed by atoms with E-state index in [1.807, 2.05) is 36.4 Å². The van der Waals surface area contributed by atoms with E-state index in [9.17, 15) is 19.1 Å². The van der Waals surface area contributed by atoms with Crippen LogP contribution in [-0.2, 0) is 22.4 Å². The van der Waals surface area contributed by atoms with Crippen molar-refractivity contribution in [2.45, 2.75) is 25.3 Å². The maximum Gasteiger partial charge on any atom is 0.290 e. The van der Waals surface area contributed by atoms with Crippen LogP contribution in [0.2, 0.25) is 0 Å². The number of phenolic OH excluding ortho intramolecular Hbond substituents is 1. The lowest BCUT2D eigenvalue weighted by molar-refractivity contribution is -0.123. The molecule has 0 saturated heterocycles. The number of para-hydroxylation sites is 1. The number of carbonyl (C=O) groups is 3. The number of nitrogens with zero attached hydrogens (tertiary/aromatic N) is 1. The zero-order chi connectivity index (χ0) is 32.6. The average Bonchev–Trinajstić information content (AvgIpc) is 3.05. The minimum Gasteiger partial charge on any atom is -0.504 e. The average molecular weight is 629 g/mol. The summed E-state index contributed by atoms with van der Waals surface area (Å²) in [5, 5.41) is 20.6. The second-order valence-electron chi connectivity index (χ2n) is 10.6. The smallest absolute Gasteiger partial charge is 0.290 e. The number of ether oxygens (including phenoxy) is 3. The molecule has 0 saturated carbocycles. The van der Waals surface area contributed by atoms with Gasteiger partial charge in [0.1, 0.15) is 11.5 Å². The number of aromatic hydroxyl groups is 1. The molecule has 0 spiro atoms. The Balaban J connectivity index is 0.00000134. The predicted molar refractivity (Wildman–Crippen MR) is 166 cm³/mol. The molecular weight excluding hydrogens is 595 g/mol. The number of rotatable bonds is 2. The van der Waals surface area contributed by atoms with E-state index in [4.69, 9.17) is 24.1 Å². The maximum absolute atomic E-state index is 14.7. The molecule has 2 amide bonds. The molecule has 8 bridgehead atoms. The lowest BCUT2D eigenvalue weighted by Gasteiger charge is -2.38. The van der Waals surface area contributed by atoms with Crippen LogP contribution in [0, 0.1) is 5.82 Å². The van der Waals surface area contributed by atoms with Crippen molar-refractivity contribution in [2.24, 2.45) is 0 Å². The minimum atomic E-state index is -0.533. The van der Waals surface area contributed by atoms with E-state index in [1.54, 1.807) is 41.3 Å². The first-order valence-electron chi connectivity index (χ1n) is 14.7. The van der Waals surface area contributed by atoms with E-state index in [0.717, 1.165) is 16.7 Å². The highest BCUT2D eigenvalue weighted by Crippen LogP contribution is 2.41. The summed E-state index contributed by atoms with van der Waals surface area (Å²) in [6.07, 6.45) is 1.19. The highest BCUT2D eigenvalue weighted by molar-refractivity contribution is 5.98. The number of phenols is 1. The summed E-state index contributed by atoms with van der Waals surface area (Å²) in [7, 11) is 1.44. The number of benzene rings is 4. The number of hydrogen-bond donors (Lipinski definition) is 3. The first kappa shape index (κ1) is 31.8. The highest BCUT2D eigenvalue weighted by atomic mass is 19.1. The Morgan fingerprint density at radius 1 is 1.07 bits per heavy atom. The molecule has 10 nitrogen and oxygen atoms in total. The van der Waals surface area contributed by atoms with Gasteiger partial charge in [0.2, 0.25) is 5.91 Å². The van der Waals surface area contributed by atoms with Gasteiger partial charge < -0.3 is 34.6 Å². The van der Waals surface area contributed by atoms with Gasteiger partial charge in [0.25, 0.3) is 12.4 Å². The summed E-state index contributed by atoms with van der Waals surface area (Å²) in [6, 6.07) is 21.8. The van der Waals surface area contributed by atoms with Crippen LogP contribution < -0.4 is 19.5 Å². The molecule has 7 rings (SSSR count). The summed E-state index contributed by atoms with van der Waals surface area (Å²) in [4.78, 5) is 36.6. The Morgan fingerprint density at radius 3 is 2.67 bits per heavy atom. The number of nitrogens with one attached hydrogen (secondary N) is 1. The Labute approximate surface area is 265 Å². The van der Waals surface area contributed by atoms with E-state index in [-0.39, 0.29) is 47.5 Å². The first-order valence-corrected chi connectivity index (χ1v) is 14.7. The molecule has 0 fully saturated rings. The monoisotopic (exact) mass is 628 g/mol. The van der Waals surface area contributed by atoms with Crippen LogP contribution in [0.3, 0.4) is 0 Å². The quantitative estimate of drug-likeness (QED) is 0.256. The van der Waals surface area contributed by atoms with Crippen LogP contribution in [0.5, 0.6) is 28.7 Å². The molecule has 0 aromatic heterocycles. The molecule has 3 N–H and O–H groups in total. The molecule has 11 heteroatoms. The first-order chi connectivity index (χ1) is 22.3. The summed E-state index contributed by atoms with van der Waals surface area (Å²) in [5.74, 6) is 0.0607. The van der Waals surface area contributed by atoms with E-state index >= 15 is 0 Å². The number of halogens is 1. The Bertz CT molecular complexity index is 1740. The summed E-state index contributed by atoms with van der Waals surface area (Å²) in [5.41, 5.74) is 3.43.